The molecule has 30 heavy (non-hydrogen) atoms. The van der Waals surface area contributed by atoms with E-state index in [9.17, 15) is 9.59 Å². The van der Waals surface area contributed by atoms with Crippen LogP contribution in [0.25, 0.3) is 12.2 Å². The second kappa shape index (κ2) is 9.88. The summed E-state index contributed by atoms with van der Waals surface area (Å²) in [6, 6.07) is 15.4. The number of carbonyl (C=O) groups excluding carboxylic acids is 2. The number of ketones is 1. The third kappa shape index (κ3) is 5.91. The van der Waals surface area contributed by atoms with Crippen molar-refractivity contribution in [1.29, 1.82) is 0 Å². The van der Waals surface area contributed by atoms with Gasteiger partial charge < -0.3 is 9.80 Å². The van der Waals surface area contributed by atoms with Crippen molar-refractivity contribution in [2.24, 2.45) is 0 Å². The molecule has 0 spiro atoms. The first kappa shape index (κ1) is 22.0. The van der Waals surface area contributed by atoms with Crippen LogP contribution < -0.4 is 0 Å². The highest BCUT2D eigenvalue weighted by Crippen LogP contribution is 2.23. The lowest BCUT2D eigenvalue weighted by Crippen LogP contribution is -2.42. The monoisotopic (exact) mass is 422 g/mol. The molecule has 0 atom stereocenters. The molecule has 3 rings (SSSR count). The van der Waals surface area contributed by atoms with Crippen molar-refractivity contribution in [3.8, 4) is 0 Å². The lowest BCUT2D eigenvalue weighted by Gasteiger charge is -2.30. The highest BCUT2D eigenvalue weighted by molar-refractivity contribution is 6.30. The van der Waals surface area contributed by atoms with Crippen LogP contribution >= 0.6 is 11.6 Å². The molecular formula is C25H27ClN2O2. The Morgan fingerprint density at radius 3 is 1.97 bits per heavy atom. The van der Waals surface area contributed by atoms with Gasteiger partial charge in [0.2, 0.25) is 5.91 Å². The Labute approximate surface area is 183 Å². The quantitative estimate of drug-likeness (QED) is 0.667. The molecule has 4 nitrogen and oxygen atoms in total. The van der Waals surface area contributed by atoms with Gasteiger partial charge in [-0.1, -0.05) is 53.6 Å². The summed E-state index contributed by atoms with van der Waals surface area (Å²) in [5.41, 5.74) is 4.25. The Balaban J connectivity index is 1.92. The van der Waals surface area contributed by atoms with E-state index in [1.54, 1.807) is 17.0 Å². The molecule has 1 aliphatic rings. The van der Waals surface area contributed by atoms with Crippen LogP contribution in [0.1, 0.15) is 23.1 Å². The predicted octanol–water partition coefficient (Wildman–Crippen LogP) is 4.48. The minimum atomic E-state index is -0.0119. The van der Waals surface area contributed by atoms with Crippen molar-refractivity contribution in [3.05, 3.63) is 81.4 Å². The number of Topliss-reactive ketones (excluding diaryl/α,β-unsaturated/α-hetero) is 1. The molecule has 2 aromatic carbocycles. The zero-order valence-electron chi connectivity index (χ0n) is 17.7. The van der Waals surface area contributed by atoms with E-state index in [0.29, 0.717) is 42.2 Å². The fourth-order valence-electron chi connectivity index (χ4n) is 3.32. The molecule has 5 heteroatoms. The molecular weight excluding hydrogens is 396 g/mol. The molecule has 156 valence electrons. The van der Waals surface area contributed by atoms with Crippen LogP contribution in [0.3, 0.4) is 0 Å². The molecule has 0 aromatic heterocycles. The fraction of sp³-hybridized carbons (Fsp3) is 0.280. The van der Waals surface area contributed by atoms with Crippen LogP contribution in [0.2, 0.25) is 5.02 Å². The first-order valence-electron chi connectivity index (χ1n) is 10.0. The molecule has 0 saturated carbocycles. The summed E-state index contributed by atoms with van der Waals surface area (Å²) in [6.07, 6.45) is 4.17. The molecule has 1 heterocycles. The maximum Gasteiger partial charge on any atom is 0.224 e. The summed E-state index contributed by atoms with van der Waals surface area (Å²) < 4.78 is 0. The van der Waals surface area contributed by atoms with E-state index in [-0.39, 0.29) is 11.7 Å². The molecule has 1 amide bonds. The largest absolute Gasteiger partial charge is 0.334 e. The number of piperidine rings is 1. The number of aryl methyl sites for hydroxylation is 1. The predicted molar refractivity (Wildman–Crippen MR) is 123 cm³/mol. The first-order valence-corrected chi connectivity index (χ1v) is 10.4. The number of likely N-dealkylation sites (tertiary alicyclic amines) is 1. The topological polar surface area (TPSA) is 40.6 Å². The zero-order chi connectivity index (χ0) is 21.7. The molecule has 0 aliphatic carbocycles. The van der Waals surface area contributed by atoms with E-state index in [4.69, 9.17) is 11.6 Å². The third-order valence-corrected chi connectivity index (χ3v) is 5.31. The van der Waals surface area contributed by atoms with Gasteiger partial charge in [-0.05, 0) is 56.4 Å². The normalized spacial score (nSPS) is 17.2. The number of hydrogen-bond acceptors (Lipinski definition) is 3. The van der Waals surface area contributed by atoms with E-state index in [1.165, 1.54) is 0 Å². The minimum Gasteiger partial charge on any atom is -0.334 e. The van der Waals surface area contributed by atoms with Gasteiger partial charge in [0.1, 0.15) is 0 Å². The van der Waals surface area contributed by atoms with Crippen molar-refractivity contribution < 1.29 is 9.59 Å². The highest BCUT2D eigenvalue weighted by atomic mass is 35.5. The molecule has 0 radical (unpaired) electrons. The Bertz CT molecular complexity index is 906. The van der Waals surface area contributed by atoms with Gasteiger partial charge >= 0.3 is 0 Å². The van der Waals surface area contributed by atoms with Gasteiger partial charge in [0.25, 0.3) is 0 Å². The Morgan fingerprint density at radius 1 is 0.967 bits per heavy atom. The van der Waals surface area contributed by atoms with Crippen LogP contribution in [0.4, 0.5) is 0 Å². The molecule has 2 aromatic rings. The van der Waals surface area contributed by atoms with Gasteiger partial charge in [0.15, 0.2) is 5.78 Å². The second-order valence-corrected chi connectivity index (χ2v) is 8.37. The summed E-state index contributed by atoms with van der Waals surface area (Å²) in [4.78, 5) is 29.8. The average molecular weight is 423 g/mol. The fourth-order valence-corrected chi connectivity index (χ4v) is 3.44. The van der Waals surface area contributed by atoms with Crippen molar-refractivity contribution in [3.63, 3.8) is 0 Å². The number of halogens is 1. The van der Waals surface area contributed by atoms with Gasteiger partial charge in [0.05, 0.1) is 0 Å². The molecule has 0 N–H and O–H groups in total. The van der Waals surface area contributed by atoms with E-state index < -0.39 is 0 Å². The highest BCUT2D eigenvalue weighted by Gasteiger charge is 2.28. The zero-order valence-corrected chi connectivity index (χ0v) is 18.4. The third-order valence-electron chi connectivity index (χ3n) is 5.06. The van der Waals surface area contributed by atoms with Gasteiger partial charge in [-0.15, -0.1) is 0 Å². The Hall–Kier alpha value is -2.69. The van der Waals surface area contributed by atoms with Crippen LogP contribution in [-0.2, 0) is 9.59 Å². The summed E-state index contributed by atoms with van der Waals surface area (Å²) >= 11 is 5.98. The SMILES string of the molecule is Cc1ccc(/C=C2\CN(C(=O)CCN(C)C)C/C(=C\c3ccc(Cl)cc3)C2=O)cc1. The van der Waals surface area contributed by atoms with Crippen LogP contribution in [0.15, 0.2) is 59.7 Å². The summed E-state index contributed by atoms with van der Waals surface area (Å²) in [7, 11) is 3.89. The van der Waals surface area contributed by atoms with E-state index >= 15 is 0 Å². The van der Waals surface area contributed by atoms with Gasteiger partial charge in [-0.2, -0.15) is 0 Å². The van der Waals surface area contributed by atoms with Crippen LogP contribution in [-0.4, -0.2) is 55.2 Å². The number of hydrogen-bond donors (Lipinski definition) is 0. The van der Waals surface area contributed by atoms with E-state index in [1.807, 2.05) is 74.5 Å². The van der Waals surface area contributed by atoms with Gasteiger partial charge in [-0.3, -0.25) is 9.59 Å². The lowest BCUT2D eigenvalue weighted by molar-refractivity contribution is -0.131. The maximum absolute atomic E-state index is 13.2. The van der Waals surface area contributed by atoms with E-state index in [2.05, 4.69) is 0 Å². The second-order valence-electron chi connectivity index (χ2n) is 7.93. The maximum atomic E-state index is 13.2. The summed E-state index contributed by atoms with van der Waals surface area (Å²) in [5, 5.41) is 0.646. The number of benzene rings is 2. The Kier molecular flexibility index (Phi) is 7.24. The average Bonchev–Trinajstić information content (AvgIpc) is 2.72. The molecule has 1 fully saturated rings. The standard InChI is InChI=1S/C25H27ClN2O2/c1-18-4-6-19(7-5-18)14-21-16-28(24(29)12-13-27(2)3)17-22(25(21)30)15-20-8-10-23(26)11-9-20/h4-11,14-15H,12-13,16-17H2,1-3H3/b21-14+,22-15+. The van der Waals surface area contributed by atoms with Gasteiger partial charge in [-0.25, -0.2) is 0 Å². The minimum absolute atomic E-state index is 0.0119. The molecule has 0 bridgehead atoms. The van der Waals surface area contributed by atoms with E-state index in [0.717, 1.165) is 16.7 Å². The smallest absolute Gasteiger partial charge is 0.224 e. The number of rotatable bonds is 5. The molecule has 1 aliphatic heterocycles. The number of amides is 1. The summed E-state index contributed by atoms with van der Waals surface area (Å²) in [6.45, 7) is 3.35. The van der Waals surface area contributed by atoms with Crippen molar-refractivity contribution >= 4 is 35.4 Å². The summed E-state index contributed by atoms with van der Waals surface area (Å²) in [5.74, 6) is 0.0372. The van der Waals surface area contributed by atoms with Crippen molar-refractivity contribution in [2.75, 3.05) is 33.7 Å². The van der Waals surface area contributed by atoms with Gasteiger partial charge in [0, 0.05) is 42.2 Å². The van der Waals surface area contributed by atoms with Crippen LogP contribution in [0.5, 0.6) is 0 Å². The molecule has 0 unspecified atom stereocenters. The van der Waals surface area contributed by atoms with Crippen LogP contribution in [0, 0.1) is 6.92 Å². The number of nitrogens with zero attached hydrogens (tertiary/aromatic N) is 2. The Morgan fingerprint density at radius 2 is 1.47 bits per heavy atom. The number of carbonyl (C=O) groups is 2. The lowest BCUT2D eigenvalue weighted by atomic mass is 9.94. The molecule has 1 saturated heterocycles. The van der Waals surface area contributed by atoms with Crippen molar-refractivity contribution in [1.82, 2.24) is 9.80 Å². The first-order chi connectivity index (χ1) is 14.3. The van der Waals surface area contributed by atoms with Crippen molar-refractivity contribution in [2.45, 2.75) is 13.3 Å².